The average Bonchev–Trinajstić information content (AvgIpc) is 3.19. The van der Waals surface area contributed by atoms with Crippen molar-refractivity contribution in [1.82, 2.24) is 19.7 Å². The van der Waals surface area contributed by atoms with Crippen LogP contribution in [0.2, 0.25) is 5.15 Å². The van der Waals surface area contributed by atoms with Gasteiger partial charge in [-0.1, -0.05) is 11.6 Å². The molecule has 1 fully saturated rings. The average molecular weight is 339 g/mol. The molecule has 3 rings (SSSR count). The molecule has 5 nitrogen and oxygen atoms in total. The largest absolute Gasteiger partial charge is 0.335 e. The molecule has 0 radical (unpaired) electrons. The lowest BCUT2D eigenvalue weighted by atomic mass is 10.1. The molecule has 0 spiro atoms. The highest BCUT2D eigenvalue weighted by molar-refractivity contribution is 7.07. The van der Waals surface area contributed by atoms with E-state index in [2.05, 4.69) is 10.1 Å². The minimum absolute atomic E-state index is 0.0594. The Morgan fingerprint density at radius 3 is 3.00 bits per heavy atom. The monoisotopic (exact) mass is 338 g/mol. The van der Waals surface area contributed by atoms with Crippen molar-refractivity contribution in [3.8, 4) is 0 Å². The fraction of sp³-hybridized carbons (Fsp3) is 0.533. The van der Waals surface area contributed by atoms with Crippen molar-refractivity contribution in [2.75, 3.05) is 6.54 Å². The third-order valence-corrected chi connectivity index (χ3v) is 5.26. The van der Waals surface area contributed by atoms with Crippen molar-refractivity contribution < 1.29 is 4.79 Å². The summed E-state index contributed by atoms with van der Waals surface area (Å²) < 4.78 is 1.68. The first-order valence-electron chi connectivity index (χ1n) is 7.43. The van der Waals surface area contributed by atoms with E-state index >= 15 is 0 Å². The summed E-state index contributed by atoms with van der Waals surface area (Å²) in [5, 5.41) is 7.01. The van der Waals surface area contributed by atoms with Crippen LogP contribution in [-0.4, -0.2) is 32.1 Å². The van der Waals surface area contributed by atoms with E-state index in [4.69, 9.17) is 11.6 Å². The number of carbonyl (C=O) groups is 1. The smallest absolute Gasteiger partial charge is 0.223 e. The second-order valence-electron chi connectivity index (χ2n) is 5.64. The van der Waals surface area contributed by atoms with Gasteiger partial charge in [0, 0.05) is 31.0 Å². The summed E-state index contributed by atoms with van der Waals surface area (Å²) in [7, 11) is 1.84. The molecule has 1 aliphatic heterocycles. The van der Waals surface area contributed by atoms with Gasteiger partial charge in [0.25, 0.3) is 0 Å². The minimum Gasteiger partial charge on any atom is -0.335 e. The second kappa shape index (κ2) is 6.38. The topological polar surface area (TPSA) is 51.0 Å². The van der Waals surface area contributed by atoms with Gasteiger partial charge in [0.1, 0.15) is 5.15 Å². The second-order valence-corrected chi connectivity index (χ2v) is 6.72. The molecule has 2 aromatic heterocycles. The molecule has 3 heterocycles. The van der Waals surface area contributed by atoms with Crippen LogP contribution in [0.1, 0.15) is 42.3 Å². The van der Waals surface area contributed by atoms with Gasteiger partial charge in [-0.15, -0.1) is 11.3 Å². The molecule has 22 heavy (non-hydrogen) atoms. The van der Waals surface area contributed by atoms with Gasteiger partial charge in [-0.2, -0.15) is 5.10 Å². The summed E-state index contributed by atoms with van der Waals surface area (Å²) in [6.45, 7) is 2.75. The molecule has 1 aliphatic rings. The molecule has 1 atom stereocenters. The highest BCUT2D eigenvalue weighted by Crippen LogP contribution is 2.37. The predicted molar refractivity (Wildman–Crippen MR) is 87.1 cm³/mol. The van der Waals surface area contributed by atoms with E-state index in [0.29, 0.717) is 18.0 Å². The molecule has 1 unspecified atom stereocenters. The number of nitrogens with zero attached hydrogens (tertiary/aromatic N) is 4. The number of rotatable bonds is 4. The lowest BCUT2D eigenvalue weighted by molar-refractivity contribution is -0.132. The van der Waals surface area contributed by atoms with E-state index in [-0.39, 0.29) is 11.9 Å². The first-order chi connectivity index (χ1) is 10.6. The molecule has 0 saturated carbocycles. The quantitative estimate of drug-likeness (QED) is 0.860. The van der Waals surface area contributed by atoms with Crippen LogP contribution in [0.3, 0.4) is 0 Å². The van der Waals surface area contributed by atoms with E-state index in [0.717, 1.165) is 36.3 Å². The molecule has 2 aromatic rings. The van der Waals surface area contributed by atoms with Crippen LogP contribution < -0.4 is 0 Å². The minimum atomic E-state index is 0.0594. The zero-order valence-electron chi connectivity index (χ0n) is 12.8. The third kappa shape index (κ3) is 2.90. The summed E-state index contributed by atoms with van der Waals surface area (Å²) >= 11 is 7.94. The number of thiazole rings is 1. The number of aryl methyl sites for hydroxylation is 3. The number of amides is 1. The Bertz CT molecular complexity index is 667. The normalized spacial score (nSPS) is 18.1. The van der Waals surface area contributed by atoms with Crippen LogP contribution in [0.4, 0.5) is 0 Å². The molecule has 7 heteroatoms. The summed E-state index contributed by atoms with van der Waals surface area (Å²) in [6, 6.07) is 0.0594. The number of hydrogen-bond acceptors (Lipinski definition) is 4. The number of halogens is 1. The Kier molecular flexibility index (Phi) is 4.49. The van der Waals surface area contributed by atoms with Crippen LogP contribution in [0.15, 0.2) is 10.9 Å². The van der Waals surface area contributed by atoms with Gasteiger partial charge < -0.3 is 4.90 Å². The predicted octanol–water partition coefficient (Wildman–Crippen LogP) is 3.13. The van der Waals surface area contributed by atoms with E-state index in [9.17, 15) is 4.79 Å². The van der Waals surface area contributed by atoms with E-state index < -0.39 is 0 Å². The summed E-state index contributed by atoms with van der Waals surface area (Å²) in [4.78, 5) is 18.8. The molecule has 0 aromatic carbocycles. The van der Waals surface area contributed by atoms with E-state index in [1.165, 1.54) is 0 Å². The van der Waals surface area contributed by atoms with Crippen LogP contribution in [0.5, 0.6) is 0 Å². The van der Waals surface area contributed by atoms with Crippen LogP contribution >= 0.6 is 22.9 Å². The fourth-order valence-electron chi connectivity index (χ4n) is 3.13. The molecule has 118 valence electrons. The van der Waals surface area contributed by atoms with Crippen molar-refractivity contribution in [3.05, 3.63) is 33.0 Å². The van der Waals surface area contributed by atoms with Crippen molar-refractivity contribution in [3.63, 3.8) is 0 Å². The fourth-order valence-corrected chi connectivity index (χ4v) is 4.02. The Morgan fingerprint density at radius 2 is 2.36 bits per heavy atom. The number of aromatic nitrogens is 3. The lowest BCUT2D eigenvalue weighted by Crippen LogP contribution is -2.31. The highest BCUT2D eigenvalue weighted by Gasteiger charge is 2.33. The molecule has 0 aliphatic carbocycles. The van der Waals surface area contributed by atoms with Crippen molar-refractivity contribution in [1.29, 1.82) is 0 Å². The van der Waals surface area contributed by atoms with E-state index in [1.807, 2.05) is 24.3 Å². The standard InChI is InChI=1S/C15H19ClN4OS/c1-10-14(15(16)19(2)18-10)12-4-3-7-20(12)13(21)6-5-11-8-22-9-17-11/h8-9,12H,3-7H2,1-2H3. The highest BCUT2D eigenvalue weighted by atomic mass is 35.5. The van der Waals surface area contributed by atoms with Crippen LogP contribution in [-0.2, 0) is 18.3 Å². The Morgan fingerprint density at radius 1 is 1.55 bits per heavy atom. The number of carbonyl (C=O) groups excluding carboxylic acids is 1. The van der Waals surface area contributed by atoms with Gasteiger partial charge in [0.05, 0.1) is 22.9 Å². The van der Waals surface area contributed by atoms with Crippen molar-refractivity contribution in [2.45, 2.75) is 38.6 Å². The van der Waals surface area contributed by atoms with Gasteiger partial charge in [0.2, 0.25) is 5.91 Å². The molecular formula is C15H19ClN4OS. The molecule has 1 amide bonds. The van der Waals surface area contributed by atoms with Crippen LogP contribution in [0.25, 0.3) is 0 Å². The summed E-state index contributed by atoms with van der Waals surface area (Å²) in [5.41, 5.74) is 4.71. The molecule has 0 bridgehead atoms. The zero-order valence-corrected chi connectivity index (χ0v) is 14.3. The maximum Gasteiger partial charge on any atom is 0.223 e. The maximum absolute atomic E-state index is 12.6. The first-order valence-corrected chi connectivity index (χ1v) is 8.75. The number of likely N-dealkylation sites (tertiary alicyclic amines) is 1. The summed E-state index contributed by atoms with van der Waals surface area (Å²) in [6.07, 6.45) is 3.16. The first kappa shape index (κ1) is 15.5. The van der Waals surface area contributed by atoms with Gasteiger partial charge in [-0.3, -0.25) is 9.48 Å². The van der Waals surface area contributed by atoms with Gasteiger partial charge in [-0.25, -0.2) is 4.98 Å². The molecular weight excluding hydrogens is 320 g/mol. The SMILES string of the molecule is Cc1nn(C)c(Cl)c1C1CCCN1C(=O)CCc1cscn1. The Labute approximate surface area is 138 Å². The van der Waals surface area contributed by atoms with Crippen molar-refractivity contribution >= 4 is 28.8 Å². The van der Waals surface area contributed by atoms with Gasteiger partial charge in [0.15, 0.2) is 0 Å². The zero-order chi connectivity index (χ0) is 15.7. The maximum atomic E-state index is 12.6. The van der Waals surface area contributed by atoms with E-state index in [1.54, 1.807) is 21.5 Å². The van der Waals surface area contributed by atoms with Crippen molar-refractivity contribution in [2.24, 2.45) is 7.05 Å². The lowest BCUT2D eigenvalue weighted by Gasteiger charge is -2.25. The molecule has 0 N–H and O–H groups in total. The third-order valence-electron chi connectivity index (χ3n) is 4.18. The van der Waals surface area contributed by atoms with Crippen LogP contribution in [0, 0.1) is 6.92 Å². The Hall–Kier alpha value is -1.40. The van der Waals surface area contributed by atoms with Gasteiger partial charge in [-0.05, 0) is 26.2 Å². The molecule has 1 saturated heterocycles. The number of hydrogen-bond donors (Lipinski definition) is 0. The van der Waals surface area contributed by atoms with Gasteiger partial charge >= 0.3 is 0 Å². The summed E-state index contributed by atoms with van der Waals surface area (Å²) in [5.74, 6) is 0.176. The Balaban J connectivity index is 1.73.